The van der Waals surface area contributed by atoms with Crippen molar-refractivity contribution in [1.29, 1.82) is 0 Å². The summed E-state index contributed by atoms with van der Waals surface area (Å²) >= 11 is 0. The molecule has 0 N–H and O–H groups in total. The lowest BCUT2D eigenvalue weighted by Gasteiger charge is -2.32. The number of hydrogen-bond donors (Lipinski definition) is 0. The van der Waals surface area contributed by atoms with E-state index in [0.29, 0.717) is 28.0 Å². The number of carbonyl (C=O) groups is 1. The predicted octanol–water partition coefficient (Wildman–Crippen LogP) is 4.31. The molecule has 0 aliphatic heterocycles. The van der Waals surface area contributed by atoms with Gasteiger partial charge in [0.2, 0.25) is 0 Å². The van der Waals surface area contributed by atoms with E-state index in [4.69, 9.17) is 0 Å². The second kappa shape index (κ2) is 7.85. The third-order valence-corrected chi connectivity index (χ3v) is 6.92. The first-order chi connectivity index (χ1) is 12.8. The monoisotopic (exact) mass is 385 g/mol. The fourth-order valence-corrected chi connectivity index (χ4v) is 4.59. The quantitative estimate of drug-likeness (QED) is 0.714. The first-order valence-corrected chi connectivity index (χ1v) is 11.1. The SMILES string of the molecule is CC(C)C(C)N(C(=O)c1cccc(CS(=O)(=O)c2ccccc2)c1)C1CC1. The highest BCUT2D eigenvalue weighted by molar-refractivity contribution is 7.90. The van der Waals surface area contributed by atoms with Crippen molar-refractivity contribution in [1.82, 2.24) is 4.90 Å². The van der Waals surface area contributed by atoms with Gasteiger partial charge in [0.05, 0.1) is 10.6 Å². The molecule has 144 valence electrons. The topological polar surface area (TPSA) is 54.5 Å². The second-order valence-corrected chi connectivity index (χ2v) is 9.69. The molecule has 1 fully saturated rings. The van der Waals surface area contributed by atoms with Crippen LogP contribution >= 0.6 is 0 Å². The maximum Gasteiger partial charge on any atom is 0.254 e. The van der Waals surface area contributed by atoms with Crippen molar-refractivity contribution in [2.24, 2.45) is 5.92 Å². The van der Waals surface area contributed by atoms with Gasteiger partial charge in [0.1, 0.15) is 0 Å². The summed E-state index contributed by atoms with van der Waals surface area (Å²) in [7, 11) is -3.43. The molecule has 0 bridgehead atoms. The first-order valence-electron chi connectivity index (χ1n) is 9.49. The van der Waals surface area contributed by atoms with E-state index in [0.717, 1.165) is 12.8 Å². The third-order valence-electron chi connectivity index (χ3n) is 5.21. The highest BCUT2D eigenvalue weighted by atomic mass is 32.2. The van der Waals surface area contributed by atoms with E-state index >= 15 is 0 Å². The Kier molecular flexibility index (Phi) is 5.70. The van der Waals surface area contributed by atoms with Crippen LogP contribution in [0.25, 0.3) is 0 Å². The summed E-state index contributed by atoms with van der Waals surface area (Å²) in [4.78, 5) is 15.4. The Hall–Kier alpha value is -2.14. The van der Waals surface area contributed by atoms with Gasteiger partial charge in [0.25, 0.3) is 5.91 Å². The van der Waals surface area contributed by atoms with Crippen LogP contribution in [-0.4, -0.2) is 31.3 Å². The molecular weight excluding hydrogens is 358 g/mol. The minimum Gasteiger partial charge on any atom is -0.333 e. The van der Waals surface area contributed by atoms with Crippen molar-refractivity contribution in [3.63, 3.8) is 0 Å². The van der Waals surface area contributed by atoms with E-state index in [1.807, 2.05) is 4.90 Å². The lowest BCUT2D eigenvalue weighted by Crippen LogP contribution is -2.43. The standard InChI is InChI=1S/C22H27NO3S/c1-16(2)17(3)23(20-12-13-20)22(24)19-9-7-8-18(14-19)15-27(25,26)21-10-5-4-6-11-21/h4-11,14,16-17,20H,12-13,15H2,1-3H3. The minimum atomic E-state index is -3.43. The van der Waals surface area contributed by atoms with Crippen molar-refractivity contribution in [2.75, 3.05) is 0 Å². The van der Waals surface area contributed by atoms with Crippen LogP contribution < -0.4 is 0 Å². The van der Waals surface area contributed by atoms with Crippen LogP contribution in [0.15, 0.2) is 59.5 Å². The molecule has 0 heterocycles. The first kappa shape index (κ1) is 19.6. The summed E-state index contributed by atoms with van der Waals surface area (Å²) in [5.41, 5.74) is 1.20. The Morgan fingerprint density at radius 1 is 1.04 bits per heavy atom. The molecule has 1 aliphatic rings. The summed E-state index contributed by atoms with van der Waals surface area (Å²) < 4.78 is 25.3. The molecule has 1 unspecified atom stereocenters. The Morgan fingerprint density at radius 3 is 2.30 bits per heavy atom. The molecule has 0 aromatic heterocycles. The van der Waals surface area contributed by atoms with Crippen LogP contribution in [0.4, 0.5) is 0 Å². The molecule has 1 saturated carbocycles. The van der Waals surface area contributed by atoms with Gasteiger partial charge in [0.15, 0.2) is 9.84 Å². The van der Waals surface area contributed by atoms with Gasteiger partial charge in [-0.15, -0.1) is 0 Å². The number of hydrogen-bond acceptors (Lipinski definition) is 3. The molecule has 3 rings (SSSR count). The fourth-order valence-electron chi connectivity index (χ4n) is 3.23. The number of amides is 1. The summed E-state index contributed by atoms with van der Waals surface area (Å²) in [6.07, 6.45) is 2.09. The predicted molar refractivity (Wildman–Crippen MR) is 107 cm³/mol. The largest absolute Gasteiger partial charge is 0.333 e. The molecule has 0 spiro atoms. The van der Waals surface area contributed by atoms with Crippen molar-refractivity contribution in [3.05, 3.63) is 65.7 Å². The molecule has 27 heavy (non-hydrogen) atoms. The summed E-state index contributed by atoms with van der Waals surface area (Å²) in [5, 5.41) is 0. The zero-order valence-electron chi connectivity index (χ0n) is 16.1. The van der Waals surface area contributed by atoms with E-state index in [1.54, 1.807) is 54.6 Å². The van der Waals surface area contributed by atoms with Gasteiger partial charge in [-0.3, -0.25) is 4.79 Å². The van der Waals surface area contributed by atoms with Gasteiger partial charge < -0.3 is 4.90 Å². The average molecular weight is 386 g/mol. The van der Waals surface area contributed by atoms with Crippen molar-refractivity contribution in [3.8, 4) is 0 Å². The summed E-state index contributed by atoms with van der Waals surface area (Å²) in [5.74, 6) is 0.259. The zero-order chi connectivity index (χ0) is 19.6. The number of sulfone groups is 1. The summed E-state index contributed by atoms with van der Waals surface area (Å²) in [6, 6.07) is 15.9. The van der Waals surface area contributed by atoms with Gasteiger partial charge in [-0.05, 0) is 55.5 Å². The average Bonchev–Trinajstić information content (AvgIpc) is 3.47. The number of benzene rings is 2. The molecule has 1 aliphatic carbocycles. The zero-order valence-corrected chi connectivity index (χ0v) is 16.9. The highest BCUT2D eigenvalue weighted by Gasteiger charge is 2.37. The Bertz CT molecular complexity index is 902. The van der Waals surface area contributed by atoms with Crippen molar-refractivity contribution >= 4 is 15.7 Å². The maximum absolute atomic E-state index is 13.1. The van der Waals surface area contributed by atoms with Crippen LogP contribution in [0.2, 0.25) is 0 Å². The molecule has 4 nitrogen and oxygen atoms in total. The lowest BCUT2D eigenvalue weighted by atomic mass is 10.0. The van der Waals surface area contributed by atoms with E-state index in [9.17, 15) is 13.2 Å². The highest BCUT2D eigenvalue weighted by Crippen LogP contribution is 2.32. The van der Waals surface area contributed by atoms with Gasteiger partial charge >= 0.3 is 0 Å². The molecule has 2 aromatic carbocycles. The van der Waals surface area contributed by atoms with Crippen molar-refractivity contribution < 1.29 is 13.2 Å². The molecule has 5 heteroatoms. The normalized spacial score (nSPS) is 15.6. The van der Waals surface area contributed by atoms with E-state index in [-0.39, 0.29) is 17.7 Å². The molecule has 0 saturated heterocycles. The van der Waals surface area contributed by atoms with Gasteiger partial charge in [-0.25, -0.2) is 8.42 Å². The van der Waals surface area contributed by atoms with E-state index in [2.05, 4.69) is 20.8 Å². The Labute approximate surface area is 162 Å². The molecule has 1 amide bonds. The smallest absolute Gasteiger partial charge is 0.254 e. The Balaban J connectivity index is 1.84. The number of rotatable bonds is 7. The van der Waals surface area contributed by atoms with E-state index < -0.39 is 9.84 Å². The van der Waals surface area contributed by atoms with Gasteiger partial charge in [-0.1, -0.05) is 44.2 Å². The van der Waals surface area contributed by atoms with Gasteiger partial charge in [-0.2, -0.15) is 0 Å². The molecule has 1 atom stereocenters. The summed E-state index contributed by atoms with van der Waals surface area (Å²) in [6.45, 7) is 6.33. The molecular formula is C22H27NO3S. The van der Waals surface area contributed by atoms with Crippen LogP contribution in [0, 0.1) is 5.92 Å². The number of carbonyl (C=O) groups excluding carboxylic acids is 1. The minimum absolute atomic E-state index is 0.00217. The second-order valence-electron chi connectivity index (χ2n) is 7.70. The third kappa shape index (κ3) is 4.59. The lowest BCUT2D eigenvalue weighted by molar-refractivity contribution is 0.0627. The van der Waals surface area contributed by atoms with Crippen LogP contribution in [0.3, 0.4) is 0 Å². The number of nitrogens with zero attached hydrogens (tertiary/aromatic N) is 1. The van der Waals surface area contributed by atoms with Gasteiger partial charge in [0, 0.05) is 17.6 Å². The van der Waals surface area contributed by atoms with Crippen LogP contribution in [-0.2, 0) is 15.6 Å². The van der Waals surface area contributed by atoms with Crippen molar-refractivity contribution in [2.45, 2.75) is 56.3 Å². The van der Waals surface area contributed by atoms with Crippen LogP contribution in [0.5, 0.6) is 0 Å². The van der Waals surface area contributed by atoms with E-state index in [1.165, 1.54) is 0 Å². The molecule has 2 aromatic rings. The fraction of sp³-hybridized carbons (Fsp3) is 0.409. The Morgan fingerprint density at radius 2 is 1.70 bits per heavy atom. The van der Waals surface area contributed by atoms with Crippen LogP contribution in [0.1, 0.15) is 49.5 Å². The molecule has 0 radical (unpaired) electrons. The maximum atomic E-state index is 13.1.